The highest BCUT2D eigenvalue weighted by atomic mass is 16.1. The number of carbonyl (C=O) groups is 1. The van der Waals surface area contributed by atoms with E-state index in [0.29, 0.717) is 5.69 Å². The molecule has 1 unspecified atom stereocenters. The van der Waals surface area contributed by atoms with Crippen LogP contribution in [0.4, 0.5) is 5.69 Å². The molecule has 98 valence electrons. The van der Waals surface area contributed by atoms with E-state index in [9.17, 15) is 4.79 Å². The number of hydrogen-bond donors (Lipinski definition) is 3. The van der Waals surface area contributed by atoms with Gasteiger partial charge in [-0.3, -0.25) is 9.89 Å². The summed E-state index contributed by atoms with van der Waals surface area (Å²) in [7, 11) is 0. The zero-order valence-corrected chi connectivity index (χ0v) is 10.6. The number of nitrogens with two attached hydrogens (primary N) is 1. The van der Waals surface area contributed by atoms with E-state index >= 15 is 0 Å². The van der Waals surface area contributed by atoms with E-state index in [2.05, 4.69) is 15.5 Å². The Kier molecular flexibility index (Phi) is 3.97. The van der Waals surface area contributed by atoms with E-state index in [0.717, 1.165) is 11.1 Å². The Morgan fingerprint density at radius 3 is 2.79 bits per heavy atom. The first-order chi connectivity index (χ1) is 9.15. The molecule has 1 aromatic heterocycles. The molecular weight excluding hydrogens is 240 g/mol. The molecule has 1 heterocycles. The van der Waals surface area contributed by atoms with Gasteiger partial charge in [-0.1, -0.05) is 12.1 Å². The Morgan fingerprint density at radius 2 is 2.16 bits per heavy atom. The topological polar surface area (TPSA) is 83.8 Å². The van der Waals surface area contributed by atoms with Crippen molar-refractivity contribution in [2.45, 2.75) is 13.0 Å². The first kappa shape index (κ1) is 12.9. The van der Waals surface area contributed by atoms with E-state index < -0.39 is 0 Å². The van der Waals surface area contributed by atoms with Gasteiger partial charge in [0.05, 0.1) is 12.2 Å². The molecule has 2 rings (SSSR count). The van der Waals surface area contributed by atoms with Crippen molar-refractivity contribution in [2.24, 2.45) is 0 Å². The summed E-state index contributed by atoms with van der Waals surface area (Å²) in [6, 6.07) is 7.23. The van der Waals surface area contributed by atoms with Gasteiger partial charge in [0.2, 0.25) is 5.91 Å². The maximum Gasteiger partial charge on any atom is 0.244 e. The largest absolute Gasteiger partial charge is 0.399 e. The third-order valence-corrected chi connectivity index (χ3v) is 2.74. The van der Waals surface area contributed by atoms with Crippen LogP contribution in [0, 0.1) is 0 Å². The van der Waals surface area contributed by atoms with Gasteiger partial charge in [0, 0.05) is 23.5 Å². The molecule has 0 saturated heterocycles. The van der Waals surface area contributed by atoms with Crippen LogP contribution in [0.3, 0.4) is 0 Å². The van der Waals surface area contributed by atoms with Gasteiger partial charge < -0.3 is 11.1 Å². The molecule has 0 aliphatic rings. The lowest BCUT2D eigenvalue weighted by molar-refractivity contribution is -0.117. The fourth-order valence-electron chi connectivity index (χ4n) is 1.62. The molecule has 1 aromatic carbocycles. The summed E-state index contributed by atoms with van der Waals surface area (Å²) in [6.45, 7) is 1.90. The van der Waals surface area contributed by atoms with Crippen LogP contribution in [-0.4, -0.2) is 16.1 Å². The summed E-state index contributed by atoms with van der Waals surface area (Å²) < 4.78 is 0. The highest BCUT2D eigenvalue weighted by Crippen LogP contribution is 2.10. The molecule has 0 fully saturated rings. The molecule has 19 heavy (non-hydrogen) atoms. The van der Waals surface area contributed by atoms with Gasteiger partial charge >= 0.3 is 0 Å². The number of anilines is 1. The zero-order valence-electron chi connectivity index (χ0n) is 10.6. The van der Waals surface area contributed by atoms with Crippen molar-refractivity contribution in [3.05, 3.63) is 53.9 Å². The van der Waals surface area contributed by atoms with Crippen molar-refractivity contribution >= 4 is 17.7 Å². The van der Waals surface area contributed by atoms with Gasteiger partial charge in [0.25, 0.3) is 0 Å². The van der Waals surface area contributed by atoms with Crippen LogP contribution >= 0.6 is 0 Å². The number of rotatable bonds is 4. The molecule has 0 radical (unpaired) electrons. The van der Waals surface area contributed by atoms with Gasteiger partial charge in [-0.15, -0.1) is 0 Å². The molecule has 5 heteroatoms. The fraction of sp³-hybridized carbons (Fsp3) is 0.143. The van der Waals surface area contributed by atoms with Crippen molar-refractivity contribution in [1.82, 2.24) is 15.5 Å². The van der Waals surface area contributed by atoms with Crippen molar-refractivity contribution in [2.75, 3.05) is 5.73 Å². The molecule has 5 nitrogen and oxygen atoms in total. The molecule has 0 aliphatic carbocycles. The molecule has 1 amide bonds. The van der Waals surface area contributed by atoms with Crippen LogP contribution in [0.5, 0.6) is 0 Å². The number of nitrogen functional groups attached to an aromatic ring is 1. The molecule has 2 aromatic rings. The van der Waals surface area contributed by atoms with E-state index in [-0.39, 0.29) is 11.9 Å². The third-order valence-electron chi connectivity index (χ3n) is 2.74. The highest BCUT2D eigenvalue weighted by Gasteiger charge is 2.07. The number of hydrogen-bond acceptors (Lipinski definition) is 3. The summed E-state index contributed by atoms with van der Waals surface area (Å²) in [4.78, 5) is 11.7. The molecule has 0 bridgehead atoms. The van der Waals surface area contributed by atoms with Crippen LogP contribution < -0.4 is 11.1 Å². The SMILES string of the molecule is CC(NC(=O)/C=C/c1ccc(N)cc1)c1cn[nH]c1. The molecular formula is C14H16N4O. The Morgan fingerprint density at radius 1 is 1.42 bits per heavy atom. The van der Waals surface area contributed by atoms with Crippen LogP contribution in [0.1, 0.15) is 24.1 Å². The zero-order chi connectivity index (χ0) is 13.7. The molecule has 1 atom stereocenters. The second-order valence-corrected chi connectivity index (χ2v) is 4.26. The van der Waals surface area contributed by atoms with Crippen molar-refractivity contribution in [1.29, 1.82) is 0 Å². The number of H-pyrrole nitrogens is 1. The Hall–Kier alpha value is -2.56. The van der Waals surface area contributed by atoms with Crippen LogP contribution in [0.25, 0.3) is 6.08 Å². The van der Waals surface area contributed by atoms with Crippen LogP contribution in [0.2, 0.25) is 0 Å². The normalized spacial score (nSPS) is 12.5. The number of nitrogens with zero attached hydrogens (tertiary/aromatic N) is 1. The standard InChI is InChI=1S/C14H16N4O/c1-10(12-8-16-17-9-12)18-14(19)7-4-11-2-5-13(15)6-3-11/h2-10H,15H2,1H3,(H,16,17)(H,18,19)/b7-4+. The smallest absolute Gasteiger partial charge is 0.244 e. The van der Waals surface area contributed by atoms with Crippen molar-refractivity contribution < 1.29 is 4.79 Å². The summed E-state index contributed by atoms with van der Waals surface area (Å²) in [6.07, 6.45) is 6.70. The fourth-order valence-corrected chi connectivity index (χ4v) is 1.62. The number of amides is 1. The Balaban J connectivity index is 1.92. The number of carbonyl (C=O) groups excluding carboxylic acids is 1. The minimum atomic E-state index is -0.148. The second-order valence-electron chi connectivity index (χ2n) is 4.26. The molecule has 0 saturated carbocycles. The van der Waals surface area contributed by atoms with Gasteiger partial charge in [0.15, 0.2) is 0 Å². The first-order valence-electron chi connectivity index (χ1n) is 5.98. The summed E-state index contributed by atoms with van der Waals surface area (Å²) in [5.41, 5.74) is 8.16. The quantitative estimate of drug-likeness (QED) is 0.577. The highest BCUT2D eigenvalue weighted by molar-refractivity contribution is 5.92. The minimum absolute atomic E-state index is 0.0812. The van der Waals surface area contributed by atoms with Crippen molar-refractivity contribution in [3.63, 3.8) is 0 Å². The second kappa shape index (κ2) is 5.86. The molecule has 4 N–H and O–H groups in total. The molecule has 0 spiro atoms. The third kappa shape index (κ3) is 3.70. The van der Waals surface area contributed by atoms with E-state index in [1.54, 1.807) is 30.6 Å². The number of benzene rings is 1. The van der Waals surface area contributed by atoms with Crippen LogP contribution in [-0.2, 0) is 4.79 Å². The van der Waals surface area contributed by atoms with E-state index in [1.807, 2.05) is 19.1 Å². The predicted octanol–water partition coefficient (Wildman–Crippen LogP) is 1.88. The van der Waals surface area contributed by atoms with Gasteiger partial charge in [-0.25, -0.2) is 0 Å². The maximum atomic E-state index is 11.7. The van der Waals surface area contributed by atoms with Gasteiger partial charge in [-0.2, -0.15) is 5.10 Å². The number of aromatic nitrogens is 2. The Labute approximate surface area is 111 Å². The maximum absolute atomic E-state index is 11.7. The predicted molar refractivity (Wildman–Crippen MR) is 75.0 cm³/mol. The first-order valence-corrected chi connectivity index (χ1v) is 5.98. The van der Waals surface area contributed by atoms with Gasteiger partial charge in [-0.05, 0) is 30.7 Å². The lowest BCUT2D eigenvalue weighted by Crippen LogP contribution is -2.24. The summed E-state index contributed by atoms with van der Waals surface area (Å²) in [5.74, 6) is -0.148. The Bertz CT molecular complexity index is 558. The number of nitrogens with one attached hydrogen (secondary N) is 2. The van der Waals surface area contributed by atoms with Gasteiger partial charge in [0.1, 0.15) is 0 Å². The lowest BCUT2D eigenvalue weighted by Gasteiger charge is -2.09. The number of aromatic amines is 1. The van der Waals surface area contributed by atoms with Crippen LogP contribution in [0.15, 0.2) is 42.7 Å². The summed E-state index contributed by atoms with van der Waals surface area (Å²) in [5, 5.41) is 9.42. The lowest BCUT2D eigenvalue weighted by atomic mass is 10.2. The van der Waals surface area contributed by atoms with E-state index in [4.69, 9.17) is 5.73 Å². The average Bonchev–Trinajstić information content (AvgIpc) is 2.92. The minimum Gasteiger partial charge on any atom is -0.399 e. The average molecular weight is 256 g/mol. The summed E-state index contributed by atoms with van der Waals surface area (Å²) >= 11 is 0. The monoisotopic (exact) mass is 256 g/mol. The van der Waals surface area contributed by atoms with Crippen molar-refractivity contribution in [3.8, 4) is 0 Å². The van der Waals surface area contributed by atoms with E-state index in [1.165, 1.54) is 6.08 Å². The molecule has 0 aliphatic heterocycles.